The van der Waals surface area contributed by atoms with Crippen LogP contribution in [0.25, 0.3) is 0 Å². The third-order valence-corrected chi connectivity index (χ3v) is 9.76. The lowest BCUT2D eigenvalue weighted by atomic mass is 9.99. The van der Waals surface area contributed by atoms with E-state index in [4.69, 9.17) is 0 Å². The Kier molecular flexibility index (Phi) is 6.12. The van der Waals surface area contributed by atoms with Gasteiger partial charge in [0, 0.05) is 31.2 Å². The van der Waals surface area contributed by atoms with E-state index in [0.717, 1.165) is 12.0 Å². The number of benzene rings is 1. The number of likely N-dealkylation sites (tertiary alicyclic amines) is 1. The summed E-state index contributed by atoms with van der Waals surface area (Å²) >= 11 is 1.18. The number of nitrogens with zero attached hydrogens (tertiary/aromatic N) is 2. The van der Waals surface area contributed by atoms with Gasteiger partial charge in [0.15, 0.2) is 0 Å². The molecule has 0 spiro atoms. The predicted molar refractivity (Wildman–Crippen MR) is 121 cm³/mol. The maximum atomic E-state index is 13.0. The van der Waals surface area contributed by atoms with Crippen LogP contribution >= 0.6 is 11.3 Å². The Balaban J connectivity index is 1.41. The second kappa shape index (κ2) is 8.53. The fourth-order valence-corrected chi connectivity index (χ4v) is 7.43. The van der Waals surface area contributed by atoms with Gasteiger partial charge in [0.2, 0.25) is 20.0 Å². The van der Waals surface area contributed by atoms with Crippen molar-refractivity contribution < 1.29 is 21.6 Å². The molecule has 1 saturated heterocycles. The van der Waals surface area contributed by atoms with E-state index in [9.17, 15) is 21.6 Å². The first-order chi connectivity index (χ1) is 14.6. The number of hydrogen-bond acceptors (Lipinski definition) is 6. The lowest BCUT2D eigenvalue weighted by Crippen LogP contribution is -2.46. The van der Waals surface area contributed by atoms with Gasteiger partial charge in [-0.1, -0.05) is 6.07 Å². The molecule has 0 unspecified atom stereocenters. The van der Waals surface area contributed by atoms with Crippen molar-refractivity contribution in [3.8, 4) is 0 Å². The van der Waals surface area contributed by atoms with Gasteiger partial charge in [-0.05, 0) is 60.9 Å². The number of aryl methyl sites for hydroxylation is 1. The van der Waals surface area contributed by atoms with Crippen LogP contribution in [0.1, 0.15) is 35.2 Å². The van der Waals surface area contributed by atoms with Gasteiger partial charge in [-0.25, -0.2) is 21.6 Å². The van der Waals surface area contributed by atoms with Gasteiger partial charge in [0.25, 0.3) is 5.91 Å². The minimum atomic E-state index is -3.52. The van der Waals surface area contributed by atoms with Crippen LogP contribution in [0.3, 0.4) is 0 Å². The average Bonchev–Trinajstić information content (AvgIpc) is 3.28. The number of carbonyl (C=O) groups excluding carboxylic acids is 1. The number of carbonyl (C=O) groups is 1. The summed E-state index contributed by atoms with van der Waals surface area (Å²) in [6.07, 6.45) is 3.73. The molecule has 0 bridgehead atoms. The molecule has 11 heteroatoms. The molecule has 1 amide bonds. The summed E-state index contributed by atoms with van der Waals surface area (Å²) in [7, 11) is -6.87. The normalized spacial score (nSPS) is 18.1. The summed E-state index contributed by atoms with van der Waals surface area (Å²) in [5.74, 6) is -0.112. The number of anilines is 1. The van der Waals surface area contributed by atoms with Crippen molar-refractivity contribution in [2.45, 2.75) is 35.9 Å². The molecule has 0 atom stereocenters. The van der Waals surface area contributed by atoms with Crippen LogP contribution in [-0.4, -0.2) is 59.6 Å². The zero-order valence-electron chi connectivity index (χ0n) is 17.2. The Labute approximate surface area is 187 Å². The van der Waals surface area contributed by atoms with Gasteiger partial charge in [-0.2, -0.15) is 0 Å². The quantitative estimate of drug-likeness (QED) is 0.701. The van der Waals surface area contributed by atoms with Crippen LogP contribution < -0.4 is 9.03 Å². The molecule has 1 aromatic heterocycles. The first-order valence-corrected chi connectivity index (χ1v) is 14.3. The highest BCUT2D eigenvalue weighted by molar-refractivity contribution is 7.92. The van der Waals surface area contributed by atoms with E-state index in [1.807, 2.05) is 0 Å². The van der Waals surface area contributed by atoms with Crippen molar-refractivity contribution in [1.29, 1.82) is 0 Å². The zero-order valence-corrected chi connectivity index (χ0v) is 19.6. The Bertz CT molecular complexity index is 1170. The fraction of sp³-hybridized carbons (Fsp3) is 0.450. The summed E-state index contributed by atoms with van der Waals surface area (Å²) in [6, 6.07) is 8.26. The standard InChI is InChI=1S/C20H25N3O5S3/c1-30(25,26)23-10-2-4-15-14-16(6-7-18(15)23)20(24)22-11-8-17(9-12-22)21-31(27,28)19-5-3-13-29-19/h3,5-7,13-14,17,21H,2,4,8-12H2,1H3. The summed E-state index contributed by atoms with van der Waals surface area (Å²) in [6.45, 7) is 1.38. The van der Waals surface area contributed by atoms with Crippen LogP contribution in [0.4, 0.5) is 5.69 Å². The second-order valence-electron chi connectivity index (χ2n) is 7.90. The van der Waals surface area contributed by atoms with Gasteiger partial charge >= 0.3 is 0 Å². The predicted octanol–water partition coefficient (Wildman–Crippen LogP) is 2.04. The molecule has 2 aliphatic heterocycles. The Morgan fingerprint density at radius 1 is 1.10 bits per heavy atom. The first kappa shape index (κ1) is 22.3. The topological polar surface area (TPSA) is 104 Å². The number of nitrogens with one attached hydrogen (secondary N) is 1. The van der Waals surface area contributed by atoms with Crippen LogP contribution in [0.5, 0.6) is 0 Å². The average molecular weight is 484 g/mol. The Morgan fingerprint density at radius 2 is 1.84 bits per heavy atom. The van der Waals surface area contributed by atoms with E-state index in [1.54, 1.807) is 40.6 Å². The minimum absolute atomic E-state index is 0.112. The molecular formula is C20H25N3O5S3. The van der Waals surface area contributed by atoms with E-state index >= 15 is 0 Å². The van der Waals surface area contributed by atoms with E-state index in [-0.39, 0.29) is 11.9 Å². The van der Waals surface area contributed by atoms with Crippen molar-refractivity contribution in [3.63, 3.8) is 0 Å². The second-order valence-corrected chi connectivity index (χ2v) is 12.7. The smallest absolute Gasteiger partial charge is 0.253 e. The Morgan fingerprint density at radius 3 is 2.48 bits per heavy atom. The molecule has 168 valence electrons. The molecule has 31 heavy (non-hydrogen) atoms. The maximum absolute atomic E-state index is 13.0. The number of amides is 1. The third kappa shape index (κ3) is 4.79. The van der Waals surface area contributed by atoms with Crippen molar-refractivity contribution in [2.24, 2.45) is 0 Å². The Hall–Kier alpha value is -1.95. The van der Waals surface area contributed by atoms with Crippen molar-refractivity contribution in [3.05, 3.63) is 46.8 Å². The highest BCUT2D eigenvalue weighted by atomic mass is 32.2. The van der Waals surface area contributed by atoms with Gasteiger partial charge in [0.1, 0.15) is 4.21 Å². The maximum Gasteiger partial charge on any atom is 0.253 e. The molecule has 1 fully saturated rings. The highest BCUT2D eigenvalue weighted by Gasteiger charge is 2.29. The molecule has 0 radical (unpaired) electrons. The number of sulfonamides is 2. The van der Waals surface area contributed by atoms with E-state index in [0.29, 0.717) is 54.4 Å². The molecule has 0 saturated carbocycles. The van der Waals surface area contributed by atoms with Gasteiger partial charge in [-0.3, -0.25) is 9.10 Å². The van der Waals surface area contributed by atoms with Crippen molar-refractivity contribution in [2.75, 3.05) is 30.2 Å². The lowest BCUT2D eigenvalue weighted by molar-refractivity contribution is 0.0711. The summed E-state index contributed by atoms with van der Waals surface area (Å²) in [5.41, 5.74) is 2.04. The molecule has 0 aliphatic carbocycles. The summed E-state index contributed by atoms with van der Waals surface area (Å²) in [4.78, 5) is 14.7. The zero-order chi connectivity index (χ0) is 22.2. The molecule has 3 heterocycles. The largest absolute Gasteiger partial charge is 0.339 e. The SMILES string of the molecule is CS(=O)(=O)N1CCCc2cc(C(=O)N3CCC(NS(=O)(=O)c4cccs4)CC3)ccc21. The third-order valence-electron chi connectivity index (χ3n) is 5.67. The van der Waals surface area contributed by atoms with E-state index < -0.39 is 20.0 Å². The van der Waals surface area contributed by atoms with Gasteiger partial charge in [0.05, 0.1) is 11.9 Å². The summed E-state index contributed by atoms with van der Waals surface area (Å²) < 4.78 is 53.3. The van der Waals surface area contributed by atoms with Crippen LogP contribution in [0.2, 0.25) is 0 Å². The number of thiophene rings is 1. The van der Waals surface area contributed by atoms with Crippen LogP contribution in [0, 0.1) is 0 Å². The number of hydrogen-bond donors (Lipinski definition) is 1. The van der Waals surface area contributed by atoms with Crippen LogP contribution in [-0.2, 0) is 26.5 Å². The summed E-state index contributed by atoms with van der Waals surface area (Å²) in [5, 5.41) is 1.73. The molecule has 8 nitrogen and oxygen atoms in total. The van der Waals surface area contributed by atoms with Crippen LogP contribution in [0.15, 0.2) is 39.9 Å². The fourth-order valence-electron chi connectivity index (χ4n) is 4.12. The number of rotatable bonds is 5. The molecular weight excluding hydrogens is 458 g/mol. The van der Waals surface area contributed by atoms with Gasteiger partial charge < -0.3 is 4.90 Å². The van der Waals surface area contributed by atoms with Gasteiger partial charge in [-0.15, -0.1) is 11.3 Å². The number of fused-ring (bicyclic) bond motifs is 1. The first-order valence-electron chi connectivity index (χ1n) is 10.1. The molecule has 2 aromatic rings. The lowest BCUT2D eigenvalue weighted by Gasteiger charge is -2.33. The number of piperidine rings is 1. The van der Waals surface area contributed by atoms with E-state index in [2.05, 4.69) is 4.72 Å². The van der Waals surface area contributed by atoms with Crippen molar-refractivity contribution in [1.82, 2.24) is 9.62 Å². The molecule has 4 rings (SSSR count). The highest BCUT2D eigenvalue weighted by Crippen LogP contribution is 2.30. The molecule has 2 aliphatic rings. The molecule has 1 aromatic carbocycles. The monoisotopic (exact) mass is 483 g/mol. The molecule has 1 N–H and O–H groups in total. The minimum Gasteiger partial charge on any atom is -0.339 e. The van der Waals surface area contributed by atoms with E-state index in [1.165, 1.54) is 21.9 Å². The van der Waals surface area contributed by atoms with Crippen molar-refractivity contribution >= 4 is 43.0 Å².